The molecule has 7 rings (SSSR count). The molecule has 4 nitrogen and oxygen atoms in total. The van der Waals surface area contributed by atoms with E-state index in [1.165, 1.54) is 6.20 Å². The summed E-state index contributed by atoms with van der Waals surface area (Å²) in [5, 5.41) is 3.21. The van der Waals surface area contributed by atoms with Crippen molar-refractivity contribution in [3.8, 4) is 22.5 Å². The normalized spacial score (nSPS) is 12.3. The number of rotatable bonds is 2. The molecule has 0 saturated carbocycles. The molecule has 38 heavy (non-hydrogen) atoms. The molecule has 0 bridgehead atoms. The maximum atomic E-state index is 7.23. The summed E-state index contributed by atoms with van der Waals surface area (Å²) in [6.45, 7) is 1.96. The van der Waals surface area contributed by atoms with Crippen LogP contribution < -0.4 is 0 Å². The van der Waals surface area contributed by atoms with Crippen LogP contribution in [0.4, 0.5) is 0 Å². The van der Waals surface area contributed by atoms with Crippen molar-refractivity contribution in [3.05, 3.63) is 113 Å². The minimum Gasteiger partial charge on any atom is -0.498 e. The average Bonchev–Trinajstić information content (AvgIpc) is 3.54. The molecule has 1 radical (unpaired) electrons. The number of nitrogens with zero attached hydrogens (tertiary/aromatic N) is 3. The molecule has 4 aromatic heterocycles. The van der Waals surface area contributed by atoms with Crippen LogP contribution in [0.2, 0.25) is 0 Å². The Kier molecular flexibility index (Phi) is 6.43. The van der Waals surface area contributed by atoms with E-state index in [1.807, 2.05) is 56.4 Å². The van der Waals surface area contributed by atoms with E-state index in [0.29, 0.717) is 0 Å². The Hall–Kier alpha value is -3.70. The first-order valence-corrected chi connectivity index (χ1v) is 12.6. The molecule has 0 fully saturated rings. The monoisotopic (exact) mass is 693 g/mol. The topological polar surface area (TPSA) is 51.8 Å². The average molecular weight is 693 g/mol. The van der Waals surface area contributed by atoms with Gasteiger partial charge in [-0.2, -0.15) is 0 Å². The number of benzene rings is 3. The van der Waals surface area contributed by atoms with E-state index < -0.39 is 6.85 Å². The summed E-state index contributed by atoms with van der Waals surface area (Å²) in [6, 6.07) is 29.4. The van der Waals surface area contributed by atoms with E-state index in [9.17, 15) is 0 Å². The summed E-state index contributed by atoms with van der Waals surface area (Å²) in [4.78, 5) is 13.3. The number of pyridine rings is 2. The van der Waals surface area contributed by atoms with E-state index in [-0.39, 0.29) is 25.7 Å². The van der Waals surface area contributed by atoms with Crippen LogP contribution in [0.15, 0.2) is 89.6 Å². The SMILES string of the molecule is Cc1ccc(-c2[c-]ccc3c2oc2c3ccc3sc(C)nc32)nc1.[2H]C([2H])([2H])c1ccc(-c2[c-]cccc2)nc1.[Ir]. The molecule has 6 heteroatoms. The molecule has 0 aliphatic carbocycles. The zero-order chi connectivity index (χ0) is 27.9. The van der Waals surface area contributed by atoms with Crippen molar-refractivity contribution in [1.29, 1.82) is 0 Å². The van der Waals surface area contributed by atoms with Gasteiger partial charge in [0.1, 0.15) is 11.1 Å². The van der Waals surface area contributed by atoms with Crippen LogP contribution in [-0.2, 0) is 20.1 Å². The molecule has 189 valence electrons. The summed E-state index contributed by atoms with van der Waals surface area (Å²) in [7, 11) is 0. The van der Waals surface area contributed by atoms with Gasteiger partial charge in [-0.05, 0) is 49.3 Å². The number of hydrogen-bond donors (Lipinski definition) is 0. The molecule has 0 aliphatic heterocycles. The molecule has 0 unspecified atom stereocenters. The molecule has 0 atom stereocenters. The van der Waals surface area contributed by atoms with Crippen LogP contribution in [0, 0.1) is 32.8 Å². The van der Waals surface area contributed by atoms with Gasteiger partial charge in [0.05, 0.1) is 15.3 Å². The second-order valence-electron chi connectivity index (χ2n) is 8.65. The van der Waals surface area contributed by atoms with E-state index >= 15 is 0 Å². The Morgan fingerprint density at radius 1 is 0.789 bits per heavy atom. The van der Waals surface area contributed by atoms with Crippen molar-refractivity contribution in [1.82, 2.24) is 15.0 Å². The van der Waals surface area contributed by atoms with E-state index in [0.717, 1.165) is 65.2 Å². The standard InChI is InChI=1S/C20H13N2OS.C12H10N.Ir/c1-11-6-8-16(21-10-11)15-5-3-4-13-14-7-9-17-18(22-12(2)24-17)20(14)23-19(13)15;1-10-7-8-12(13-9-10)11-5-3-2-4-6-11;/h3-4,6-10H,1-2H3;2-5,7-9H,1H3;/q2*-1;/i;1D3;. The Bertz CT molecular complexity index is 1950. The Labute approximate surface area is 243 Å². The minimum atomic E-state index is -2.09. The number of fused-ring (bicyclic) bond motifs is 5. The number of furan rings is 1. The van der Waals surface area contributed by atoms with Gasteiger partial charge in [0.2, 0.25) is 0 Å². The van der Waals surface area contributed by atoms with Crippen molar-refractivity contribution >= 4 is 43.5 Å². The summed E-state index contributed by atoms with van der Waals surface area (Å²) < 4.78 is 29.1. The number of hydrogen-bond acceptors (Lipinski definition) is 5. The summed E-state index contributed by atoms with van der Waals surface area (Å²) in [5.74, 6) is 0. The van der Waals surface area contributed by atoms with E-state index in [4.69, 9.17) is 8.53 Å². The number of thiazole rings is 1. The van der Waals surface area contributed by atoms with Crippen LogP contribution in [0.3, 0.4) is 0 Å². The molecule has 3 aromatic carbocycles. The van der Waals surface area contributed by atoms with Gasteiger partial charge >= 0.3 is 0 Å². The Morgan fingerprint density at radius 2 is 1.58 bits per heavy atom. The summed E-state index contributed by atoms with van der Waals surface area (Å²) in [6.07, 6.45) is 3.26. The van der Waals surface area contributed by atoms with Gasteiger partial charge in [-0.3, -0.25) is 0 Å². The van der Waals surface area contributed by atoms with Gasteiger partial charge in [0, 0.05) is 42.0 Å². The van der Waals surface area contributed by atoms with E-state index in [2.05, 4.69) is 45.3 Å². The van der Waals surface area contributed by atoms with Gasteiger partial charge in [-0.1, -0.05) is 41.3 Å². The first-order valence-electron chi connectivity index (χ1n) is 13.3. The number of aryl methyl sites for hydroxylation is 3. The summed E-state index contributed by atoms with van der Waals surface area (Å²) in [5.41, 5.74) is 7.35. The maximum Gasteiger partial charge on any atom is 0.148 e. The van der Waals surface area contributed by atoms with Gasteiger partial charge in [-0.25, -0.2) is 4.98 Å². The third-order valence-corrected chi connectivity index (χ3v) is 6.92. The molecular formula is C32H23IrN3OS-2. The van der Waals surface area contributed by atoms with Crippen LogP contribution in [0.5, 0.6) is 0 Å². The van der Waals surface area contributed by atoms with Crippen molar-refractivity contribution < 1.29 is 28.6 Å². The van der Waals surface area contributed by atoms with Crippen LogP contribution in [0.1, 0.15) is 20.2 Å². The quantitative estimate of drug-likeness (QED) is 0.171. The fourth-order valence-electron chi connectivity index (χ4n) is 4.21. The van der Waals surface area contributed by atoms with Crippen LogP contribution in [-0.4, -0.2) is 15.0 Å². The predicted octanol–water partition coefficient (Wildman–Crippen LogP) is 8.53. The molecular weight excluding hydrogens is 667 g/mol. The fourth-order valence-corrected chi connectivity index (χ4v) is 5.04. The van der Waals surface area contributed by atoms with Crippen molar-refractivity contribution in [3.63, 3.8) is 0 Å². The van der Waals surface area contributed by atoms with Gasteiger partial charge in [0.25, 0.3) is 0 Å². The largest absolute Gasteiger partial charge is 0.498 e. The van der Waals surface area contributed by atoms with Crippen molar-refractivity contribution in [2.45, 2.75) is 20.7 Å². The third-order valence-electron chi connectivity index (χ3n) is 5.98. The van der Waals surface area contributed by atoms with Crippen LogP contribution >= 0.6 is 11.3 Å². The van der Waals surface area contributed by atoms with Gasteiger partial charge in [0.15, 0.2) is 0 Å². The molecule has 0 spiro atoms. The summed E-state index contributed by atoms with van der Waals surface area (Å²) >= 11 is 1.69. The zero-order valence-electron chi connectivity index (χ0n) is 23.6. The van der Waals surface area contributed by atoms with Gasteiger partial charge in [-0.15, -0.1) is 65.4 Å². The molecule has 7 aromatic rings. The maximum absolute atomic E-state index is 7.23. The molecule has 0 amide bonds. The van der Waals surface area contributed by atoms with Crippen LogP contribution in [0.25, 0.3) is 54.7 Å². The minimum absolute atomic E-state index is 0. The predicted molar refractivity (Wildman–Crippen MR) is 152 cm³/mol. The Balaban J connectivity index is 0.000000175. The third kappa shape index (κ3) is 5.03. The van der Waals surface area contributed by atoms with Gasteiger partial charge < -0.3 is 14.4 Å². The first kappa shape index (κ1) is 22.3. The van der Waals surface area contributed by atoms with Crippen molar-refractivity contribution in [2.24, 2.45) is 0 Å². The number of aromatic nitrogens is 3. The molecule has 4 heterocycles. The first-order chi connectivity index (χ1) is 19.3. The van der Waals surface area contributed by atoms with E-state index in [1.54, 1.807) is 29.5 Å². The molecule has 0 aliphatic rings. The second-order valence-corrected chi connectivity index (χ2v) is 9.88. The molecule has 0 N–H and O–H groups in total. The second kappa shape index (κ2) is 11.0. The van der Waals surface area contributed by atoms with Crippen molar-refractivity contribution in [2.75, 3.05) is 0 Å². The zero-order valence-corrected chi connectivity index (χ0v) is 23.8. The fraction of sp³-hybridized carbons (Fsp3) is 0.0938. The molecule has 0 saturated heterocycles. The Morgan fingerprint density at radius 3 is 2.32 bits per heavy atom. The smallest absolute Gasteiger partial charge is 0.148 e.